The summed E-state index contributed by atoms with van der Waals surface area (Å²) in [7, 11) is 0. The smallest absolute Gasteiger partial charge is 0.304 e. The molecule has 8 nitrogen and oxygen atoms in total. The lowest BCUT2D eigenvalue weighted by molar-refractivity contribution is -0.173. The summed E-state index contributed by atoms with van der Waals surface area (Å²) in [5.41, 5.74) is 8.22. The average Bonchev–Trinajstić information content (AvgIpc) is 2.55. The predicted octanol–water partition coefficient (Wildman–Crippen LogP) is 0.906. The minimum Gasteiger partial charge on any atom is -0.460 e. The third kappa shape index (κ3) is 4.29. The second-order valence-electron chi connectivity index (χ2n) is 3.51. The first kappa shape index (κ1) is 13.3. The highest BCUT2D eigenvalue weighted by Crippen LogP contribution is 2.24. The summed E-state index contributed by atoms with van der Waals surface area (Å²) >= 11 is 0. The molecule has 0 aromatic rings. The molecule has 1 saturated heterocycles. The zero-order valence-electron chi connectivity index (χ0n) is 9.53. The van der Waals surface area contributed by atoms with Gasteiger partial charge in [0.1, 0.15) is 12.2 Å². The largest absolute Gasteiger partial charge is 0.460 e. The van der Waals surface area contributed by atoms with Crippen LogP contribution in [0.25, 0.3) is 10.4 Å². The number of carbonyl (C=O) groups is 2. The van der Waals surface area contributed by atoms with Gasteiger partial charge >= 0.3 is 11.9 Å². The van der Waals surface area contributed by atoms with Crippen molar-refractivity contribution in [3.63, 3.8) is 0 Å². The third-order valence-corrected chi connectivity index (χ3v) is 2.11. The van der Waals surface area contributed by atoms with Crippen molar-refractivity contribution in [3.05, 3.63) is 10.4 Å². The Kier molecular flexibility index (Phi) is 4.74. The average molecular weight is 243 g/mol. The van der Waals surface area contributed by atoms with Crippen LogP contribution in [0.5, 0.6) is 0 Å². The van der Waals surface area contributed by atoms with E-state index in [9.17, 15) is 9.59 Å². The van der Waals surface area contributed by atoms with Crippen LogP contribution in [0.3, 0.4) is 0 Å². The molecule has 0 saturated carbocycles. The van der Waals surface area contributed by atoms with E-state index in [0.29, 0.717) is 0 Å². The second kappa shape index (κ2) is 6.07. The van der Waals surface area contributed by atoms with E-state index < -0.39 is 30.4 Å². The molecule has 0 aromatic heterocycles. The molecule has 3 atom stereocenters. The Labute approximate surface area is 97.5 Å². The van der Waals surface area contributed by atoms with E-state index in [-0.39, 0.29) is 13.0 Å². The van der Waals surface area contributed by atoms with Crippen molar-refractivity contribution in [2.75, 3.05) is 6.54 Å². The van der Waals surface area contributed by atoms with Crippen LogP contribution in [0.2, 0.25) is 0 Å². The molecule has 1 fully saturated rings. The molecule has 1 rings (SSSR count). The normalized spacial score (nSPS) is 27.1. The van der Waals surface area contributed by atoms with Gasteiger partial charge in [-0.05, 0) is 5.53 Å². The molecule has 1 aliphatic heterocycles. The Balaban J connectivity index is 2.60. The lowest BCUT2D eigenvalue weighted by atomic mass is 10.2. The Morgan fingerprint density at radius 3 is 2.59 bits per heavy atom. The molecular formula is C9H13N3O5. The summed E-state index contributed by atoms with van der Waals surface area (Å²) in [6, 6.07) is 0. The van der Waals surface area contributed by atoms with Crippen LogP contribution < -0.4 is 0 Å². The fourth-order valence-corrected chi connectivity index (χ4v) is 1.56. The molecule has 94 valence electrons. The molecule has 0 N–H and O–H groups in total. The molecule has 0 aromatic carbocycles. The summed E-state index contributed by atoms with van der Waals surface area (Å²) in [4.78, 5) is 24.2. The summed E-state index contributed by atoms with van der Waals surface area (Å²) in [6.07, 6.45) is -1.68. The zero-order valence-corrected chi connectivity index (χ0v) is 9.53. The van der Waals surface area contributed by atoms with E-state index in [1.807, 2.05) is 0 Å². The second-order valence-corrected chi connectivity index (χ2v) is 3.51. The summed E-state index contributed by atoms with van der Waals surface area (Å²) in [5.74, 6) is -0.950. The maximum absolute atomic E-state index is 10.9. The molecule has 1 heterocycles. The maximum atomic E-state index is 10.9. The number of hydrogen-bond acceptors (Lipinski definition) is 6. The van der Waals surface area contributed by atoms with Crippen molar-refractivity contribution >= 4 is 11.9 Å². The van der Waals surface area contributed by atoms with E-state index in [1.54, 1.807) is 0 Å². The first-order valence-electron chi connectivity index (χ1n) is 5.03. The van der Waals surface area contributed by atoms with Gasteiger partial charge in [-0.3, -0.25) is 9.59 Å². The number of carbonyl (C=O) groups excluding carboxylic acids is 2. The van der Waals surface area contributed by atoms with E-state index >= 15 is 0 Å². The van der Waals surface area contributed by atoms with E-state index in [4.69, 9.17) is 19.7 Å². The highest BCUT2D eigenvalue weighted by molar-refractivity contribution is 5.66. The van der Waals surface area contributed by atoms with Crippen LogP contribution in [0, 0.1) is 0 Å². The molecule has 0 amide bonds. The van der Waals surface area contributed by atoms with Crippen molar-refractivity contribution in [2.24, 2.45) is 5.11 Å². The van der Waals surface area contributed by atoms with Gasteiger partial charge in [0.2, 0.25) is 6.29 Å². The number of esters is 2. The van der Waals surface area contributed by atoms with E-state index in [2.05, 4.69) is 10.0 Å². The van der Waals surface area contributed by atoms with Gasteiger partial charge < -0.3 is 14.2 Å². The van der Waals surface area contributed by atoms with Crippen molar-refractivity contribution in [3.8, 4) is 0 Å². The summed E-state index contributed by atoms with van der Waals surface area (Å²) in [5, 5.41) is 3.35. The van der Waals surface area contributed by atoms with E-state index in [0.717, 1.165) is 0 Å². The number of hydrogen-bond donors (Lipinski definition) is 0. The predicted molar refractivity (Wildman–Crippen MR) is 54.6 cm³/mol. The van der Waals surface area contributed by atoms with Crippen molar-refractivity contribution in [1.29, 1.82) is 0 Å². The van der Waals surface area contributed by atoms with Gasteiger partial charge in [0.15, 0.2) is 0 Å². The van der Waals surface area contributed by atoms with E-state index in [1.165, 1.54) is 13.8 Å². The molecule has 0 radical (unpaired) electrons. The molecule has 1 unspecified atom stereocenters. The lowest BCUT2D eigenvalue weighted by Gasteiger charge is -2.15. The molecule has 0 bridgehead atoms. The fourth-order valence-electron chi connectivity index (χ4n) is 1.56. The summed E-state index contributed by atoms with van der Waals surface area (Å²) < 4.78 is 15.1. The quantitative estimate of drug-likeness (QED) is 0.315. The minimum absolute atomic E-state index is 0.0201. The van der Waals surface area contributed by atoms with Gasteiger partial charge in [-0.1, -0.05) is 5.11 Å². The molecule has 8 heteroatoms. The standard InChI is InChI=1S/C9H13N3O5/c1-5(13)15-7-3-9(16-6(2)14)17-8(7)4-11-12-10/h7-9H,3-4H2,1-2H3/t7-,8+,9?/m0/s1. The van der Waals surface area contributed by atoms with Crippen LogP contribution in [0.15, 0.2) is 5.11 Å². The molecule has 0 aliphatic carbocycles. The van der Waals surface area contributed by atoms with Gasteiger partial charge in [-0.25, -0.2) is 0 Å². The first-order chi connectivity index (χ1) is 8.02. The Hall–Kier alpha value is -1.79. The van der Waals surface area contributed by atoms with Crippen molar-refractivity contribution < 1.29 is 23.8 Å². The van der Waals surface area contributed by atoms with Gasteiger partial charge in [0.25, 0.3) is 0 Å². The number of rotatable bonds is 4. The highest BCUT2D eigenvalue weighted by Gasteiger charge is 2.38. The number of nitrogens with zero attached hydrogens (tertiary/aromatic N) is 3. The monoisotopic (exact) mass is 243 g/mol. The topological polar surface area (TPSA) is 111 Å². The molecule has 1 aliphatic rings. The van der Waals surface area contributed by atoms with Crippen LogP contribution in [0.1, 0.15) is 20.3 Å². The SMILES string of the molecule is CC(=O)OC1C[C@H](OC(C)=O)[C@@H](CN=[N+]=[N-])O1. The highest BCUT2D eigenvalue weighted by atomic mass is 16.7. The fraction of sp³-hybridized carbons (Fsp3) is 0.778. The lowest BCUT2D eigenvalue weighted by Crippen LogP contribution is -2.28. The summed E-state index contributed by atoms with van der Waals surface area (Å²) in [6.45, 7) is 2.54. The Morgan fingerprint density at radius 2 is 2.06 bits per heavy atom. The van der Waals surface area contributed by atoms with Crippen LogP contribution in [-0.4, -0.2) is 37.0 Å². The van der Waals surface area contributed by atoms with Crippen LogP contribution >= 0.6 is 0 Å². The van der Waals surface area contributed by atoms with Gasteiger partial charge in [-0.2, -0.15) is 0 Å². The maximum Gasteiger partial charge on any atom is 0.304 e. The Morgan fingerprint density at radius 1 is 1.41 bits per heavy atom. The number of azide groups is 1. The molecule has 17 heavy (non-hydrogen) atoms. The first-order valence-corrected chi connectivity index (χ1v) is 5.03. The minimum atomic E-state index is -0.768. The van der Waals surface area contributed by atoms with Crippen molar-refractivity contribution in [1.82, 2.24) is 0 Å². The van der Waals surface area contributed by atoms with Gasteiger partial charge in [0.05, 0.1) is 6.54 Å². The third-order valence-electron chi connectivity index (χ3n) is 2.11. The van der Waals surface area contributed by atoms with Crippen LogP contribution in [0.4, 0.5) is 0 Å². The molecular weight excluding hydrogens is 230 g/mol. The van der Waals surface area contributed by atoms with Gasteiger partial charge in [0, 0.05) is 25.2 Å². The number of ether oxygens (including phenoxy) is 3. The Bertz CT molecular complexity index is 341. The zero-order chi connectivity index (χ0) is 12.8. The molecule has 0 spiro atoms. The van der Waals surface area contributed by atoms with Crippen molar-refractivity contribution in [2.45, 2.75) is 38.8 Å². The van der Waals surface area contributed by atoms with Gasteiger partial charge in [-0.15, -0.1) is 0 Å². The van der Waals surface area contributed by atoms with Crippen LogP contribution in [-0.2, 0) is 23.8 Å².